The van der Waals surface area contributed by atoms with E-state index in [1.807, 2.05) is 19.1 Å². The maximum Gasteiger partial charge on any atom is 0.122 e. The lowest BCUT2D eigenvalue weighted by atomic mass is 9.91. The van der Waals surface area contributed by atoms with Crippen molar-refractivity contribution in [2.75, 3.05) is 21.2 Å². The number of hydrogen-bond donors (Lipinski definition) is 4. The number of hydrogen-bond acceptors (Lipinski definition) is 8. The molecule has 1 aliphatic carbocycles. The Balaban J connectivity index is 1.11. The first kappa shape index (κ1) is 74.5. The molecular weight excluding hydrogens is 1270 g/mol. The van der Waals surface area contributed by atoms with E-state index in [1.165, 1.54) is 83.5 Å². The number of anilines is 3. The molecule has 4 N–H and O–H groups in total. The Bertz CT molecular complexity index is 4830. The Labute approximate surface area is 620 Å². The highest BCUT2D eigenvalue weighted by molar-refractivity contribution is 5.66. The summed E-state index contributed by atoms with van der Waals surface area (Å²) in [5, 5.41) is 51.8. The van der Waals surface area contributed by atoms with Gasteiger partial charge in [-0.2, -0.15) is 0 Å². The minimum atomic E-state index is -0.156. The molecule has 0 spiro atoms. The van der Waals surface area contributed by atoms with Gasteiger partial charge in [0, 0.05) is 116 Å². The van der Waals surface area contributed by atoms with Gasteiger partial charge >= 0.3 is 0 Å². The highest BCUT2D eigenvalue weighted by atomic mass is 16.3. The maximum atomic E-state index is 13.5. The quantitative estimate of drug-likeness (QED) is 0.0272. The Hall–Kier alpha value is -10.7. The van der Waals surface area contributed by atoms with Gasteiger partial charge in [0.15, 0.2) is 0 Å². The van der Waals surface area contributed by atoms with E-state index in [2.05, 4.69) is 315 Å². The maximum absolute atomic E-state index is 13.5. The fourth-order valence-corrected chi connectivity index (χ4v) is 15.1. The molecule has 104 heavy (non-hydrogen) atoms. The molecule has 0 amide bonds. The Morgan fingerprint density at radius 2 is 0.875 bits per heavy atom. The molecule has 11 rings (SSSR count). The molecule has 0 saturated carbocycles. The number of nitrogens with zero attached hydrogens (tertiary/aromatic N) is 4. The lowest BCUT2D eigenvalue weighted by Crippen LogP contribution is -2.27. The summed E-state index contributed by atoms with van der Waals surface area (Å²) in [5.74, 6) is 0.263. The molecule has 0 aromatic heterocycles. The van der Waals surface area contributed by atoms with Crippen LogP contribution in [0.15, 0.2) is 259 Å². The molecule has 0 heterocycles. The van der Waals surface area contributed by atoms with E-state index >= 15 is 0 Å². The molecule has 0 radical (unpaired) electrons. The summed E-state index contributed by atoms with van der Waals surface area (Å²) in [6.07, 6.45) is 11.7. The molecule has 534 valence electrons. The van der Waals surface area contributed by atoms with E-state index in [1.54, 1.807) is 0 Å². The summed E-state index contributed by atoms with van der Waals surface area (Å²) in [4.78, 5) is 9.63. The van der Waals surface area contributed by atoms with Crippen molar-refractivity contribution >= 4 is 17.1 Å². The van der Waals surface area contributed by atoms with Crippen molar-refractivity contribution in [2.45, 2.75) is 167 Å². The van der Waals surface area contributed by atoms with Gasteiger partial charge < -0.3 is 40.0 Å². The van der Waals surface area contributed by atoms with Crippen molar-refractivity contribution in [2.24, 2.45) is 0 Å². The van der Waals surface area contributed by atoms with Gasteiger partial charge in [0.25, 0.3) is 0 Å². The van der Waals surface area contributed by atoms with Crippen LogP contribution in [0, 0.1) is 55.4 Å². The van der Waals surface area contributed by atoms with Crippen LogP contribution in [0.25, 0.3) is 0 Å². The van der Waals surface area contributed by atoms with Crippen molar-refractivity contribution < 1.29 is 20.4 Å². The topological polar surface area (TPSA) is 93.9 Å². The molecule has 8 nitrogen and oxygen atoms in total. The fraction of sp³-hybridized carbons (Fsp3) is 0.271. The zero-order valence-corrected chi connectivity index (χ0v) is 63.4. The number of benzene rings is 10. The number of phenols is 3. The molecule has 10 aromatic rings. The van der Waals surface area contributed by atoms with Crippen molar-refractivity contribution in [3.05, 3.63) is 376 Å². The van der Waals surface area contributed by atoms with Crippen LogP contribution in [0.1, 0.15) is 163 Å². The Morgan fingerprint density at radius 1 is 0.452 bits per heavy atom. The van der Waals surface area contributed by atoms with E-state index in [4.69, 9.17) is 0 Å². The summed E-state index contributed by atoms with van der Waals surface area (Å²) in [7, 11) is 0. The molecule has 0 saturated heterocycles. The first-order chi connectivity index (χ1) is 50.1. The van der Waals surface area contributed by atoms with Crippen LogP contribution in [-0.4, -0.2) is 31.9 Å². The third-order valence-corrected chi connectivity index (χ3v) is 21.2. The average molecular weight is 1380 g/mol. The number of aliphatic hydroxyl groups is 1. The summed E-state index contributed by atoms with van der Waals surface area (Å²) >= 11 is 0. The lowest BCUT2D eigenvalue weighted by Gasteiger charge is -2.34. The number of aliphatic hydroxyl groups excluding tert-OH is 1. The van der Waals surface area contributed by atoms with Crippen LogP contribution in [-0.2, 0) is 65.0 Å². The number of allylic oxidation sites excluding steroid dienone is 6. The molecule has 0 fully saturated rings. The average Bonchev–Trinajstić information content (AvgIpc) is 0.782. The van der Waals surface area contributed by atoms with E-state index < -0.39 is 0 Å². The molecule has 1 unspecified atom stereocenters. The van der Waals surface area contributed by atoms with Crippen molar-refractivity contribution in [3.8, 4) is 17.2 Å². The molecular formula is C96H106N4O4. The van der Waals surface area contributed by atoms with E-state index in [0.717, 1.165) is 58.8 Å². The minimum absolute atomic E-state index is 0.0583. The van der Waals surface area contributed by atoms with Gasteiger partial charge in [-0.25, -0.2) is 0 Å². The number of aryl methyl sites for hydroxylation is 9. The second kappa shape index (κ2) is 34.1. The monoisotopic (exact) mass is 1380 g/mol. The second-order valence-corrected chi connectivity index (χ2v) is 29.3. The van der Waals surface area contributed by atoms with Crippen molar-refractivity contribution in [1.82, 2.24) is 4.90 Å². The summed E-state index contributed by atoms with van der Waals surface area (Å²) in [5.41, 5.74) is 28.6. The molecule has 0 aliphatic heterocycles. The SMILES string of the molecule is C=C(O)C(=C/C(=C\C)N(Cc1ccccc1)Cc1ccc(C)cc1C)Cc1cc(N(Cc2ccc(C)cc2C)C(C)c2ccc(C)cc2C)cc(Cc2cc(N(Cc3ccccc3)Cc3ccc(C)cc3C)cc(Cc3cc(N(CC4=C(C)C=CCC4)Cc4ccccc4)cc(CC)c3O)c2O)c1O. The molecule has 8 heteroatoms. The number of aromatic hydroxyl groups is 3. The largest absolute Gasteiger partial charge is 0.508 e. The zero-order chi connectivity index (χ0) is 73.7. The van der Waals surface area contributed by atoms with Gasteiger partial charge in [0.05, 0.1) is 6.04 Å². The fourth-order valence-electron chi connectivity index (χ4n) is 15.1. The van der Waals surface area contributed by atoms with Crippen LogP contribution in [0.4, 0.5) is 17.1 Å². The van der Waals surface area contributed by atoms with Gasteiger partial charge in [-0.15, -0.1) is 0 Å². The van der Waals surface area contributed by atoms with Crippen LogP contribution in [0.2, 0.25) is 0 Å². The van der Waals surface area contributed by atoms with Gasteiger partial charge in [-0.05, 0) is 216 Å². The third-order valence-electron chi connectivity index (χ3n) is 21.2. The first-order valence-electron chi connectivity index (χ1n) is 37.1. The van der Waals surface area contributed by atoms with E-state index in [9.17, 15) is 20.4 Å². The number of phenolic OH excluding ortho intramolecular Hbond substituents is 3. The summed E-state index contributed by atoms with van der Waals surface area (Å²) < 4.78 is 0. The van der Waals surface area contributed by atoms with E-state index in [-0.39, 0.29) is 48.3 Å². The Kier molecular flexibility index (Phi) is 24.4. The lowest BCUT2D eigenvalue weighted by molar-refractivity contribution is 0.337. The second-order valence-electron chi connectivity index (χ2n) is 29.3. The number of rotatable bonds is 29. The van der Waals surface area contributed by atoms with Gasteiger partial charge in [0.2, 0.25) is 0 Å². The molecule has 1 atom stereocenters. The van der Waals surface area contributed by atoms with Gasteiger partial charge in [0.1, 0.15) is 23.0 Å². The normalized spacial score (nSPS) is 12.8. The van der Waals surface area contributed by atoms with Crippen LogP contribution in [0.5, 0.6) is 17.2 Å². The third kappa shape index (κ3) is 18.6. The summed E-state index contributed by atoms with van der Waals surface area (Å²) in [6, 6.07) is 70.8. The zero-order valence-electron chi connectivity index (χ0n) is 63.4. The van der Waals surface area contributed by atoms with Crippen molar-refractivity contribution in [3.63, 3.8) is 0 Å². The highest BCUT2D eigenvalue weighted by Gasteiger charge is 2.27. The smallest absolute Gasteiger partial charge is 0.122 e. The van der Waals surface area contributed by atoms with Crippen molar-refractivity contribution in [1.29, 1.82) is 0 Å². The van der Waals surface area contributed by atoms with E-state index in [0.29, 0.717) is 79.1 Å². The predicted octanol–water partition coefficient (Wildman–Crippen LogP) is 22.8. The summed E-state index contributed by atoms with van der Waals surface area (Å²) in [6.45, 7) is 34.4. The minimum Gasteiger partial charge on any atom is -0.508 e. The first-order valence-corrected chi connectivity index (χ1v) is 37.1. The van der Waals surface area contributed by atoms with Crippen LogP contribution in [0.3, 0.4) is 0 Å². The molecule has 1 aliphatic rings. The highest BCUT2D eigenvalue weighted by Crippen LogP contribution is 2.43. The van der Waals surface area contributed by atoms with Crippen LogP contribution < -0.4 is 14.7 Å². The Morgan fingerprint density at radius 3 is 1.35 bits per heavy atom. The standard InChI is InChI=1S/C96H106N4O4/c1-14-78-50-90(98(58-76-30-21-17-22-31-76)60-79-34-26-25-27-68(79)7)52-85(94(78)102)48-86-53-91(99(59-77-32-23-18-24-33-77)62-81-40-36-65(4)44-70(81)9)54-87(96(86)104)49-88-56-92(100(63-82-41-37-66(5)45-71(82)10)73(12)93-42-38-67(6)46-72(93)11)55-84(95(88)103)47-83(74(13)101)51-89(15-2)97(57-75-28-19-16-20-29-75)61-80-39-35-64(3)43-69(80)8/h15-25,27-33,35-46,50-56,73,101-104H,13-14,26,34,47-49,57-63H2,1-12H3/b83-51?,89-15+. The molecule has 10 aromatic carbocycles. The predicted molar refractivity (Wildman–Crippen MR) is 435 cm³/mol. The van der Waals surface area contributed by atoms with Gasteiger partial charge in [-0.1, -0.05) is 223 Å². The van der Waals surface area contributed by atoms with Gasteiger partial charge in [-0.3, -0.25) is 0 Å². The van der Waals surface area contributed by atoms with Crippen LogP contribution >= 0.6 is 0 Å². The molecule has 0 bridgehead atoms.